The lowest BCUT2D eigenvalue weighted by atomic mass is 10.2. The van der Waals surface area contributed by atoms with E-state index >= 15 is 0 Å². The number of ether oxygens (including phenoxy) is 1. The number of nitrogens with one attached hydrogen (secondary N) is 1. The van der Waals surface area contributed by atoms with Crippen LogP contribution in [0.1, 0.15) is 16.5 Å². The lowest BCUT2D eigenvalue weighted by Crippen LogP contribution is -2.20. The van der Waals surface area contributed by atoms with Crippen LogP contribution in [0.2, 0.25) is 0 Å². The molecule has 6 heteroatoms. The molecule has 0 aromatic carbocycles. The van der Waals surface area contributed by atoms with Gasteiger partial charge in [0.05, 0.1) is 17.7 Å². The highest BCUT2D eigenvalue weighted by Crippen LogP contribution is 2.34. The molecule has 1 atom stereocenters. The van der Waals surface area contributed by atoms with E-state index < -0.39 is 6.10 Å². The van der Waals surface area contributed by atoms with Gasteiger partial charge in [0.1, 0.15) is 0 Å². The number of thiophene rings is 2. The normalized spacial score (nSPS) is 12.6. The quantitative estimate of drug-likeness (QED) is 0.841. The maximum atomic E-state index is 9.91. The summed E-state index contributed by atoms with van der Waals surface area (Å²) >= 11 is 6.63. The third kappa shape index (κ3) is 3.55. The molecule has 0 saturated heterocycles. The van der Waals surface area contributed by atoms with Crippen LogP contribution in [-0.2, 0) is 6.54 Å². The first-order valence-corrected chi connectivity index (χ1v) is 7.99. The smallest absolute Gasteiger partial charge is 0.188 e. The Morgan fingerprint density at radius 2 is 2.39 bits per heavy atom. The van der Waals surface area contributed by atoms with Gasteiger partial charge in [0, 0.05) is 18.0 Å². The van der Waals surface area contributed by atoms with Crippen molar-refractivity contribution in [1.82, 2.24) is 5.32 Å². The van der Waals surface area contributed by atoms with E-state index in [0.717, 1.165) is 21.6 Å². The Balaban J connectivity index is 1.81. The van der Waals surface area contributed by atoms with Gasteiger partial charge in [-0.25, -0.2) is 0 Å². The SMILES string of the molecule is COc1sc(CNCC(O)c2ccsc2)cc1Br. The second-order valence-electron chi connectivity index (χ2n) is 3.76. The van der Waals surface area contributed by atoms with E-state index in [2.05, 4.69) is 21.2 Å². The fourth-order valence-corrected chi connectivity index (χ4v) is 3.91. The largest absolute Gasteiger partial charge is 0.486 e. The van der Waals surface area contributed by atoms with Crippen molar-refractivity contribution in [3.63, 3.8) is 0 Å². The lowest BCUT2D eigenvalue weighted by molar-refractivity contribution is 0.175. The minimum Gasteiger partial charge on any atom is -0.486 e. The third-order valence-corrected chi connectivity index (χ3v) is 5.11. The Labute approximate surface area is 123 Å². The van der Waals surface area contributed by atoms with Gasteiger partial charge in [0.15, 0.2) is 5.06 Å². The zero-order valence-corrected chi connectivity index (χ0v) is 13.1. The Hall–Kier alpha value is -0.400. The molecular formula is C12H14BrNO2S2. The van der Waals surface area contributed by atoms with Crippen molar-refractivity contribution in [3.8, 4) is 5.06 Å². The van der Waals surface area contributed by atoms with Crippen molar-refractivity contribution in [2.45, 2.75) is 12.6 Å². The zero-order chi connectivity index (χ0) is 13.0. The predicted molar refractivity (Wildman–Crippen MR) is 79.6 cm³/mol. The monoisotopic (exact) mass is 347 g/mol. The minimum atomic E-state index is -0.443. The highest BCUT2D eigenvalue weighted by atomic mass is 79.9. The van der Waals surface area contributed by atoms with Crippen molar-refractivity contribution in [1.29, 1.82) is 0 Å². The molecule has 3 nitrogen and oxygen atoms in total. The molecule has 2 heterocycles. The minimum absolute atomic E-state index is 0.443. The van der Waals surface area contributed by atoms with E-state index in [4.69, 9.17) is 4.74 Å². The highest BCUT2D eigenvalue weighted by molar-refractivity contribution is 9.10. The van der Waals surface area contributed by atoms with Crippen LogP contribution in [0.25, 0.3) is 0 Å². The van der Waals surface area contributed by atoms with Gasteiger partial charge in [0.25, 0.3) is 0 Å². The highest BCUT2D eigenvalue weighted by Gasteiger charge is 2.09. The van der Waals surface area contributed by atoms with Crippen LogP contribution in [-0.4, -0.2) is 18.8 Å². The van der Waals surface area contributed by atoms with Gasteiger partial charge < -0.3 is 15.2 Å². The molecule has 0 bridgehead atoms. The zero-order valence-electron chi connectivity index (χ0n) is 9.85. The molecule has 0 saturated carbocycles. The summed E-state index contributed by atoms with van der Waals surface area (Å²) in [6.07, 6.45) is -0.443. The standard InChI is InChI=1S/C12H14BrNO2S2/c1-16-12-10(13)4-9(18-12)5-14-6-11(15)8-2-3-17-7-8/h2-4,7,11,14-15H,5-6H2,1H3. The van der Waals surface area contributed by atoms with Gasteiger partial charge in [-0.1, -0.05) is 0 Å². The molecule has 2 aromatic rings. The van der Waals surface area contributed by atoms with E-state index in [-0.39, 0.29) is 0 Å². The number of hydrogen-bond acceptors (Lipinski definition) is 5. The first-order chi connectivity index (χ1) is 8.70. The molecule has 18 heavy (non-hydrogen) atoms. The van der Waals surface area contributed by atoms with Gasteiger partial charge in [-0.2, -0.15) is 11.3 Å². The summed E-state index contributed by atoms with van der Waals surface area (Å²) in [7, 11) is 1.66. The number of halogens is 1. The van der Waals surface area contributed by atoms with E-state index in [0.29, 0.717) is 6.54 Å². The number of methoxy groups -OCH3 is 1. The summed E-state index contributed by atoms with van der Waals surface area (Å²) in [4.78, 5) is 1.18. The number of rotatable bonds is 6. The van der Waals surface area contributed by atoms with E-state index in [1.807, 2.05) is 22.9 Å². The summed E-state index contributed by atoms with van der Waals surface area (Å²) in [5, 5.41) is 18.0. The summed E-state index contributed by atoms with van der Waals surface area (Å²) < 4.78 is 6.18. The topological polar surface area (TPSA) is 41.5 Å². The Kier molecular flexibility index (Phi) is 5.20. The molecule has 98 valence electrons. The summed E-state index contributed by atoms with van der Waals surface area (Å²) in [5.74, 6) is 0. The Morgan fingerprint density at radius 3 is 3.00 bits per heavy atom. The Morgan fingerprint density at radius 1 is 1.56 bits per heavy atom. The van der Waals surface area contributed by atoms with Crippen LogP contribution < -0.4 is 10.1 Å². The van der Waals surface area contributed by atoms with E-state index in [1.54, 1.807) is 29.8 Å². The van der Waals surface area contributed by atoms with Crippen LogP contribution in [0.3, 0.4) is 0 Å². The average Bonchev–Trinajstić information content (AvgIpc) is 2.98. The molecule has 0 aliphatic carbocycles. The summed E-state index contributed by atoms with van der Waals surface area (Å²) in [6.45, 7) is 1.28. The maximum Gasteiger partial charge on any atom is 0.188 e. The van der Waals surface area contributed by atoms with Crippen molar-refractivity contribution < 1.29 is 9.84 Å². The van der Waals surface area contributed by atoms with Crippen LogP contribution in [0.4, 0.5) is 0 Å². The van der Waals surface area contributed by atoms with Crippen LogP contribution >= 0.6 is 38.6 Å². The molecular weight excluding hydrogens is 334 g/mol. The number of aliphatic hydroxyl groups is 1. The van der Waals surface area contributed by atoms with E-state index in [1.165, 1.54) is 4.88 Å². The van der Waals surface area contributed by atoms with E-state index in [9.17, 15) is 5.11 Å². The number of aliphatic hydroxyl groups excluding tert-OH is 1. The van der Waals surface area contributed by atoms with Gasteiger partial charge in [-0.05, 0) is 44.4 Å². The van der Waals surface area contributed by atoms with Gasteiger partial charge in [0.2, 0.25) is 0 Å². The fraction of sp³-hybridized carbons (Fsp3) is 0.333. The number of hydrogen-bond donors (Lipinski definition) is 2. The predicted octanol–water partition coefficient (Wildman–Crippen LogP) is 3.40. The molecule has 2 aromatic heterocycles. The fourth-order valence-electron chi connectivity index (χ4n) is 1.54. The van der Waals surface area contributed by atoms with Crippen molar-refractivity contribution in [2.24, 2.45) is 0 Å². The average molecular weight is 348 g/mol. The van der Waals surface area contributed by atoms with Gasteiger partial charge in [-0.3, -0.25) is 0 Å². The first-order valence-electron chi connectivity index (χ1n) is 5.43. The second-order valence-corrected chi connectivity index (χ2v) is 6.49. The molecule has 0 amide bonds. The van der Waals surface area contributed by atoms with Crippen molar-refractivity contribution in [3.05, 3.63) is 37.8 Å². The van der Waals surface area contributed by atoms with Crippen LogP contribution in [0.5, 0.6) is 5.06 Å². The molecule has 0 radical (unpaired) electrons. The molecule has 0 spiro atoms. The van der Waals surface area contributed by atoms with Crippen molar-refractivity contribution in [2.75, 3.05) is 13.7 Å². The first kappa shape index (κ1) is 14.0. The lowest BCUT2D eigenvalue weighted by Gasteiger charge is -2.09. The molecule has 2 N–H and O–H groups in total. The van der Waals surface area contributed by atoms with Gasteiger partial charge in [-0.15, -0.1) is 11.3 Å². The Bertz CT molecular complexity index is 484. The summed E-state index contributed by atoms with van der Waals surface area (Å²) in [6, 6.07) is 3.98. The maximum absolute atomic E-state index is 9.91. The third-order valence-electron chi connectivity index (χ3n) is 2.46. The summed E-state index contributed by atoms with van der Waals surface area (Å²) in [5.41, 5.74) is 0.970. The van der Waals surface area contributed by atoms with Gasteiger partial charge >= 0.3 is 0 Å². The molecule has 0 aliphatic rings. The molecule has 2 rings (SSSR count). The second kappa shape index (κ2) is 6.68. The van der Waals surface area contributed by atoms with Crippen LogP contribution in [0.15, 0.2) is 27.4 Å². The molecule has 0 fully saturated rings. The van der Waals surface area contributed by atoms with Crippen LogP contribution in [0, 0.1) is 0 Å². The molecule has 0 aliphatic heterocycles. The molecule has 1 unspecified atom stereocenters. The van der Waals surface area contributed by atoms with Crippen molar-refractivity contribution >= 4 is 38.6 Å².